The van der Waals surface area contributed by atoms with Crippen molar-refractivity contribution in [3.8, 4) is 0 Å². The number of ether oxygens (including phenoxy) is 3. The summed E-state index contributed by atoms with van der Waals surface area (Å²) in [4.78, 5) is 0. The van der Waals surface area contributed by atoms with Crippen molar-refractivity contribution in [2.45, 2.75) is 37.6 Å². The van der Waals surface area contributed by atoms with Crippen LogP contribution in [0.2, 0.25) is 0 Å². The fraction of sp³-hybridized carbons (Fsp3) is 0.400. The van der Waals surface area contributed by atoms with E-state index < -0.39 is 24.4 Å². The van der Waals surface area contributed by atoms with E-state index in [4.69, 9.17) is 14.2 Å². The van der Waals surface area contributed by atoms with E-state index in [2.05, 4.69) is 0 Å². The van der Waals surface area contributed by atoms with Gasteiger partial charge in [-0.05, 0) is 11.1 Å². The molecular formula is C20H24O5. The smallest absolute Gasteiger partial charge is 0.115 e. The molecule has 5 nitrogen and oxygen atoms in total. The number of hydrogen-bond donors (Lipinski definition) is 2. The molecule has 1 saturated heterocycles. The minimum absolute atomic E-state index is 0.179. The molecule has 25 heavy (non-hydrogen) atoms. The molecule has 0 saturated carbocycles. The van der Waals surface area contributed by atoms with Gasteiger partial charge in [0, 0.05) is 0 Å². The van der Waals surface area contributed by atoms with Crippen LogP contribution in [0.5, 0.6) is 0 Å². The van der Waals surface area contributed by atoms with Crippen molar-refractivity contribution < 1.29 is 24.4 Å². The Labute approximate surface area is 147 Å². The van der Waals surface area contributed by atoms with Gasteiger partial charge in [0.05, 0.1) is 26.4 Å². The monoisotopic (exact) mass is 344 g/mol. The normalized spacial score (nSPS) is 26.0. The van der Waals surface area contributed by atoms with Crippen molar-refractivity contribution >= 4 is 0 Å². The van der Waals surface area contributed by atoms with Crippen molar-refractivity contribution in [2.24, 2.45) is 0 Å². The molecule has 4 atom stereocenters. The number of aliphatic hydroxyl groups is 2. The van der Waals surface area contributed by atoms with Crippen molar-refractivity contribution in [3.63, 3.8) is 0 Å². The fourth-order valence-corrected chi connectivity index (χ4v) is 3.03. The second-order valence-electron chi connectivity index (χ2n) is 6.10. The molecule has 3 rings (SSSR count). The Morgan fingerprint density at radius 1 is 0.680 bits per heavy atom. The van der Waals surface area contributed by atoms with E-state index >= 15 is 0 Å². The first-order chi connectivity index (χ1) is 12.3. The summed E-state index contributed by atoms with van der Waals surface area (Å²) < 4.78 is 17.7. The Morgan fingerprint density at radius 2 is 1.08 bits per heavy atom. The summed E-state index contributed by atoms with van der Waals surface area (Å²) in [6.07, 6.45) is -1.90. The topological polar surface area (TPSA) is 68.2 Å². The van der Waals surface area contributed by atoms with Gasteiger partial charge in [0.1, 0.15) is 24.4 Å². The van der Waals surface area contributed by atoms with Crippen LogP contribution in [-0.2, 0) is 27.4 Å². The summed E-state index contributed by atoms with van der Waals surface area (Å²) >= 11 is 0. The number of aliphatic hydroxyl groups excluding tert-OH is 2. The molecule has 0 aromatic heterocycles. The standard InChI is InChI=1S/C20H24O5/c21-11-17-19(23-13-15-7-3-1-4-8-15)20(18(12-22)25-17)24-14-16-9-5-2-6-10-16/h1-10,17-22H,11-14H2/t17-,18+,19-,20-/m1/s1. The van der Waals surface area contributed by atoms with Crippen LogP contribution >= 0.6 is 0 Å². The van der Waals surface area contributed by atoms with Crippen molar-refractivity contribution in [3.05, 3.63) is 71.8 Å². The summed E-state index contributed by atoms with van der Waals surface area (Å²) in [6.45, 7) is 0.436. The average molecular weight is 344 g/mol. The van der Waals surface area contributed by atoms with E-state index in [1.807, 2.05) is 60.7 Å². The molecule has 0 aliphatic carbocycles. The molecule has 5 heteroatoms. The number of benzene rings is 2. The molecule has 134 valence electrons. The molecule has 0 bridgehead atoms. The second kappa shape index (κ2) is 9.08. The first-order valence-corrected chi connectivity index (χ1v) is 8.50. The van der Waals surface area contributed by atoms with Crippen molar-refractivity contribution in [1.82, 2.24) is 0 Å². The Balaban J connectivity index is 1.66. The number of rotatable bonds is 8. The lowest BCUT2D eigenvalue weighted by Gasteiger charge is -2.24. The van der Waals surface area contributed by atoms with E-state index in [9.17, 15) is 10.2 Å². The molecule has 1 aliphatic rings. The molecule has 1 fully saturated rings. The van der Waals surface area contributed by atoms with Gasteiger partial charge in [0.2, 0.25) is 0 Å². The largest absolute Gasteiger partial charge is 0.394 e. The average Bonchev–Trinajstić information content (AvgIpc) is 3.03. The third kappa shape index (κ3) is 4.66. The van der Waals surface area contributed by atoms with Crippen LogP contribution in [0.25, 0.3) is 0 Å². The highest BCUT2D eigenvalue weighted by atomic mass is 16.6. The van der Waals surface area contributed by atoms with Gasteiger partial charge < -0.3 is 24.4 Å². The first kappa shape index (κ1) is 18.0. The van der Waals surface area contributed by atoms with E-state index in [0.29, 0.717) is 13.2 Å². The van der Waals surface area contributed by atoms with Crippen LogP contribution in [0.4, 0.5) is 0 Å². The maximum absolute atomic E-state index is 9.61. The zero-order valence-electron chi connectivity index (χ0n) is 14.0. The first-order valence-electron chi connectivity index (χ1n) is 8.50. The predicted octanol–water partition coefficient (Wildman–Crippen LogP) is 1.91. The van der Waals surface area contributed by atoms with Gasteiger partial charge in [-0.1, -0.05) is 60.7 Å². The molecule has 1 aliphatic heterocycles. The highest BCUT2D eigenvalue weighted by Gasteiger charge is 2.45. The van der Waals surface area contributed by atoms with Crippen molar-refractivity contribution in [1.29, 1.82) is 0 Å². The Bertz CT molecular complexity index is 563. The predicted molar refractivity (Wildman–Crippen MR) is 92.9 cm³/mol. The van der Waals surface area contributed by atoms with Gasteiger partial charge in [0.25, 0.3) is 0 Å². The molecular weight excluding hydrogens is 320 g/mol. The molecule has 0 amide bonds. The molecule has 2 aromatic carbocycles. The quantitative estimate of drug-likeness (QED) is 0.766. The maximum Gasteiger partial charge on any atom is 0.115 e. The molecule has 2 N–H and O–H groups in total. The van der Waals surface area contributed by atoms with Gasteiger partial charge >= 0.3 is 0 Å². The lowest BCUT2D eigenvalue weighted by Crippen LogP contribution is -2.39. The Morgan fingerprint density at radius 3 is 1.44 bits per heavy atom. The Kier molecular flexibility index (Phi) is 6.55. The zero-order valence-corrected chi connectivity index (χ0v) is 14.0. The number of hydrogen-bond acceptors (Lipinski definition) is 5. The SMILES string of the molecule is OC[C@@H]1O[C@H](CO)[C@@H](OCc2ccccc2)[C@@H]1OCc1ccccc1. The molecule has 0 radical (unpaired) electrons. The van der Waals surface area contributed by atoms with Gasteiger partial charge in [-0.2, -0.15) is 0 Å². The van der Waals surface area contributed by atoms with Gasteiger partial charge in [-0.25, -0.2) is 0 Å². The summed E-state index contributed by atoms with van der Waals surface area (Å²) in [6, 6.07) is 19.6. The third-order valence-corrected chi connectivity index (χ3v) is 4.34. The molecule has 2 aromatic rings. The van der Waals surface area contributed by atoms with E-state index in [0.717, 1.165) is 11.1 Å². The lowest BCUT2D eigenvalue weighted by molar-refractivity contribution is -0.0856. The van der Waals surface area contributed by atoms with E-state index in [-0.39, 0.29) is 13.2 Å². The maximum atomic E-state index is 9.61. The van der Waals surface area contributed by atoms with Crippen LogP contribution in [0.1, 0.15) is 11.1 Å². The summed E-state index contributed by atoms with van der Waals surface area (Å²) in [7, 11) is 0. The van der Waals surface area contributed by atoms with Crippen LogP contribution in [0, 0.1) is 0 Å². The summed E-state index contributed by atoms with van der Waals surface area (Å²) in [5.74, 6) is 0. The minimum Gasteiger partial charge on any atom is -0.394 e. The van der Waals surface area contributed by atoms with Crippen LogP contribution in [0.15, 0.2) is 60.7 Å². The zero-order chi connectivity index (χ0) is 17.5. The van der Waals surface area contributed by atoms with E-state index in [1.165, 1.54) is 0 Å². The Hall–Kier alpha value is -1.76. The highest BCUT2D eigenvalue weighted by molar-refractivity contribution is 5.14. The summed E-state index contributed by atoms with van der Waals surface area (Å²) in [5, 5.41) is 19.2. The molecule has 0 unspecified atom stereocenters. The second-order valence-corrected chi connectivity index (χ2v) is 6.10. The molecule has 0 spiro atoms. The van der Waals surface area contributed by atoms with Gasteiger partial charge in [-0.3, -0.25) is 0 Å². The third-order valence-electron chi connectivity index (χ3n) is 4.34. The minimum atomic E-state index is -0.512. The van der Waals surface area contributed by atoms with E-state index in [1.54, 1.807) is 0 Å². The molecule has 1 heterocycles. The van der Waals surface area contributed by atoms with Gasteiger partial charge in [-0.15, -0.1) is 0 Å². The van der Waals surface area contributed by atoms with Crippen LogP contribution in [-0.4, -0.2) is 47.8 Å². The van der Waals surface area contributed by atoms with Crippen LogP contribution < -0.4 is 0 Å². The van der Waals surface area contributed by atoms with Crippen LogP contribution in [0.3, 0.4) is 0 Å². The summed E-state index contributed by atoms with van der Waals surface area (Å²) in [5.41, 5.74) is 2.07. The fourth-order valence-electron chi connectivity index (χ4n) is 3.03. The lowest BCUT2D eigenvalue weighted by atomic mass is 10.1. The van der Waals surface area contributed by atoms with Crippen molar-refractivity contribution in [2.75, 3.05) is 13.2 Å². The highest BCUT2D eigenvalue weighted by Crippen LogP contribution is 2.28. The van der Waals surface area contributed by atoms with Gasteiger partial charge in [0.15, 0.2) is 0 Å².